The molecule has 2 heterocycles. The summed E-state index contributed by atoms with van der Waals surface area (Å²) in [7, 11) is 0. The van der Waals surface area contributed by atoms with Crippen molar-refractivity contribution in [3.8, 4) is 0 Å². The second-order valence-electron chi connectivity index (χ2n) is 5.79. The molecule has 0 spiro atoms. The van der Waals surface area contributed by atoms with E-state index in [1.807, 2.05) is 23.1 Å². The number of thioether (sulfide) groups is 1. The van der Waals surface area contributed by atoms with Crippen LogP contribution in [-0.2, 0) is 6.54 Å². The van der Waals surface area contributed by atoms with Gasteiger partial charge in [0.25, 0.3) is 0 Å². The van der Waals surface area contributed by atoms with Crippen LogP contribution in [0, 0.1) is 0 Å². The topological polar surface area (TPSA) is 3.24 Å². The highest BCUT2D eigenvalue weighted by molar-refractivity contribution is 7.99. The van der Waals surface area contributed by atoms with E-state index in [4.69, 9.17) is 0 Å². The Kier molecular flexibility index (Phi) is 3.59. The summed E-state index contributed by atoms with van der Waals surface area (Å²) in [5.41, 5.74) is 1.58. The Morgan fingerprint density at radius 2 is 2.00 bits per heavy atom. The molecule has 1 aromatic heterocycles. The lowest BCUT2D eigenvalue weighted by molar-refractivity contribution is 0.245. The van der Waals surface area contributed by atoms with Gasteiger partial charge in [0.1, 0.15) is 0 Å². The molecule has 1 atom stereocenters. The standard InChI is InChI=1S/C17H19NS2/c1-2-6-17-16(5-1)13(12-20-17)10-18(14-7-8-14)11-15-4-3-9-19-15/h1-6,9,13-14H,7-8,10-12H2. The van der Waals surface area contributed by atoms with Gasteiger partial charge in [0.2, 0.25) is 0 Å². The van der Waals surface area contributed by atoms with Gasteiger partial charge in [-0.15, -0.1) is 23.1 Å². The Hall–Kier alpha value is -0.770. The van der Waals surface area contributed by atoms with E-state index in [2.05, 4.69) is 46.7 Å². The molecule has 0 saturated heterocycles. The van der Waals surface area contributed by atoms with E-state index < -0.39 is 0 Å². The molecule has 20 heavy (non-hydrogen) atoms. The molecule has 104 valence electrons. The maximum atomic E-state index is 2.72. The summed E-state index contributed by atoms with van der Waals surface area (Å²) in [6.07, 6.45) is 2.79. The third-order valence-electron chi connectivity index (χ3n) is 4.26. The molecule has 0 radical (unpaired) electrons. The molecule has 1 aromatic carbocycles. The minimum absolute atomic E-state index is 0.719. The van der Waals surface area contributed by atoms with Gasteiger partial charge in [-0.1, -0.05) is 24.3 Å². The van der Waals surface area contributed by atoms with E-state index in [9.17, 15) is 0 Å². The smallest absolute Gasteiger partial charge is 0.0331 e. The van der Waals surface area contributed by atoms with Crippen LogP contribution < -0.4 is 0 Å². The van der Waals surface area contributed by atoms with Crippen LogP contribution in [0.5, 0.6) is 0 Å². The lowest BCUT2D eigenvalue weighted by atomic mass is 10.0. The Balaban J connectivity index is 1.49. The molecule has 2 aliphatic rings. The number of benzene rings is 1. The van der Waals surface area contributed by atoms with Crippen molar-refractivity contribution in [2.24, 2.45) is 0 Å². The van der Waals surface area contributed by atoms with Crippen molar-refractivity contribution in [1.29, 1.82) is 0 Å². The van der Waals surface area contributed by atoms with Crippen LogP contribution in [0.1, 0.15) is 29.2 Å². The largest absolute Gasteiger partial charge is 0.295 e. The molecule has 1 unspecified atom stereocenters. The van der Waals surface area contributed by atoms with Crippen molar-refractivity contribution in [1.82, 2.24) is 4.90 Å². The highest BCUT2D eigenvalue weighted by atomic mass is 32.2. The van der Waals surface area contributed by atoms with Gasteiger partial charge in [-0.25, -0.2) is 0 Å². The monoisotopic (exact) mass is 301 g/mol. The minimum atomic E-state index is 0.719. The Labute approximate surface area is 129 Å². The average Bonchev–Trinajstić information content (AvgIpc) is 3.05. The fourth-order valence-corrected chi connectivity index (χ4v) is 5.02. The summed E-state index contributed by atoms with van der Waals surface area (Å²) >= 11 is 3.93. The van der Waals surface area contributed by atoms with Crippen molar-refractivity contribution >= 4 is 23.1 Å². The molecule has 1 aliphatic carbocycles. The van der Waals surface area contributed by atoms with Gasteiger partial charge in [0.15, 0.2) is 0 Å². The molecule has 1 fully saturated rings. The van der Waals surface area contributed by atoms with Crippen molar-refractivity contribution < 1.29 is 0 Å². The zero-order valence-corrected chi connectivity index (χ0v) is 13.1. The first kappa shape index (κ1) is 12.9. The lowest BCUT2D eigenvalue weighted by Gasteiger charge is -2.25. The van der Waals surface area contributed by atoms with E-state index in [0.717, 1.165) is 18.5 Å². The number of fused-ring (bicyclic) bond motifs is 1. The van der Waals surface area contributed by atoms with Crippen molar-refractivity contribution in [3.05, 3.63) is 52.2 Å². The fourth-order valence-electron chi connectivity index (χ4n) is 3.05. The Morgan fingerprint density at radius 1 is 1.10 bits per heavy atom. The number of hydrogen-bond acceptors (Lipinski definition) is 3. The SMILES string of the molecule is c1csc(CN(CC2CSc3ccccc32)C2CC2)c1. The van der Waals surface area contributed by atoms with Crippen LogP contribution in [-0.4, -0.2) is 23.2 Å². The third-order valence-corrected chi connectivity index (χ3v) is 6.37. The van der Waals surface area contributed by atoms with E-state index in [1.165, 1.54) is 34.9 Å². The number of nitrogens with zero attached hydrogens (tertiary/aromatic N) is 1. The molecular weight excluding hydrogens is 282 g/mol. The molecule has 1 nitrogen and oxygen atoms in total. The molecule has 0 amide bonds. The maximum absolute atomic E-state index is 2.72. The van der Waals surface area contributed by atoms with Gasteiger partial charge in [-0.05, 0) is 35.9 Å². The third kappa shape index (κ3) is 2.67. The first-order valence-corrected chi connectivity index (χ1v) is 9.25. The van der Waals surface area contributed by atoms with Crippen LogP contribution in [0.2, 0.25) is 0 Å². The van der Waals surface area contributed by atoms with Crippen molar-refractivity contribution in [2.45, 2.75) is 36.2 Å². The number of hydrogen-bond donors (Lipinski definition) is 0. The van der Waals surface area contributed by atoms with Gasteiger partial charge in [0, 0.05) is 40.6 Å². The molecular formula is C17H19NS2. The van der Waals surface area contributed by atoms with Gasteiger partial charge < -0.3 is 0 Å². The predicted octanol–water partition coefficient (Wildman–Crippen LogP) is 4.60. The summed E-state index contributed by atoms with van der Waals surface area (Å²) in [4.78, 5) is 5.74. The molecule has 0 N–H and O–H groups in total. The van der Waals surface area contributed by atoms with Crippen LogP contribution in [0.15, 0.2) is 46.7 Å². The van der Waals surface area contributed by atoms with Gasteiger partial charge in [-0.2, -0.15) is 0 Å². The highest BCUT2D eigenvalue weighted by Crippen LogP contribution is 2.41. The van der Waals surface area contributed by atoms with Crippen LogP contribution in [0.4, 0.5) is 0 Å². The predicted molar refractivity (Wildman–Crippen MR) is 87.7 cm³/mol. The summed E-state index contributed by atoms with van der Waals surface area (Å²) in [6.45, 7) is 2.37. The van der Waals surface area contributed by atoms with Crippen LogP contribution >= 0.6 is 23.1 Å². The van der Waals surface area contributed by atoms with E-state index in [-0.39, 0.29) is 0 Å². The fraction of sp³-hybridized carbons (Fsp3) is 0.412. The van der Waals surface area contributed by atoms with Gasteiger partial charge in [0.05, 0.1) is 0 Å². The Morgan fingerprint density at radius 3 is 2.80 bits per heavy atom. The molecule has 2 aromatic rings. The summed E-state index contributed by atoms with van der Waals surface area (Å²) < 4.78 is 0. The number of thiophene rings is 1. The maximum Gasteiger partial charge on any atom is 0.0331 e. The quantitative estimate of drug-likeness (QED) is 0.794. The molecule has 3 heteroatoms. The first-order valence-electron chi connectivity index (χ1n) is 7.38. The molecule has 1 aliphatic heterocycles. The average molecular weight is 301 g/mol. The summed E-state index contributed by atoms with van der Waals surface area (Å²) in [5.74, 6) is 1.98. The summed E-state index contributed by atoms with van der Waals surface area (Å²) in [5, 5.41) is 2.20. The van der Waals surface area contributed by atoms with Crippen LogP contribution in [0.25, 0.3) is 0 Å². The van der Waals surface area contributed by atoms with Crippen molar-refractivity contribution in [2.75, 3.05) is 12.3 Å². The molecule has 0 bridgehead atoms. The first-order chi connectivity index (χ1) is 9.90. The van der Waals surface area contributed by atoms with Crippen molar-refractivity contribution in [3.63, 3.8) is 0 Å². The number of rotatable bonds is 5. The second-order valence-corrected chi connectivity index (χ2v) is 7.88. The van der Waals surface area contributed by atoms with Crippen LogP contribution in [0.3, 0.4) is 0 Å². The van der Waals surface area contributed by atoms with E-state index in [1.54, 1.807) is 5.56 Å². The normalized spacial score (nSPS) is 21.4. The summed E-state index contributed by atoms with van der Waals surface area (Å²) in [6, 6.07) is 14.3. The molecule has 1 saturated carbocycles. The lowest BCUT2D eigenvalue weighted by Crippen LogP contribution is -2.30. The minimum Gasteiger partial charge on any atom is -0.295 e. The zero-order chi connectivity index (χ0) is 13.4. The van der Waals surface area contributed by atoms with Gasteiger partial charge in [-0.3, -0.25) is 4.90 Å². The van der Waals surface area contributed by atoms with E-state index >= 15 is 0 Å². The van der Waals surface area contributed by atoms with Gasteiger partial charge >= 0.3 is 0 Å². The Bertz CT molecular complexity index is 574. The second kappa shape index (κ2) is 5.55. The highest BCUT2D eigenvalue weighted by Gasteiger charge is 2.33. The molecule has 4 rings (SSSR count). The zero-order valence-electron chi connectivity index (χ0n) is 11.5. The van der Waals surface area contributed by atoms with E-state index in [0.29, 0.717) is 0 Å².